The van der Waals surface area contributed by atoms with Crippen molar-refractivity contribution in [2.24, 2.45) is 23.7 Å². The Balaban J connectivity index is 0. The van der Waals surface area contributed by atoms with E-state index in [1.807, 2.05) is 0 Å². The topological polar surface area (TPSA) is 23.3 Å². The van der Waals surface area contributed by atoms with Crippen LogP contribution in [0.5, 0.6) is 0 Å². The SMILES string of the molecule is CC1C(C)C(C)C([Si](C)(CCOC(C)(C)C)[N-]C(C)(C)C)C1C.[CH3-].[Cl][Ti][Cl]. The van der Waals surface area contributed by atoms with Crippen LogP contribution in [-0.2, 0) is 21.8 Å². The van der Waals surface area contributed by atoms with Crippen LogP contribution >= 0.6 is 18.6 Å². The van der Waals surface area contributed by atoms with E-state index in [2.05, 4.69) is 75.8 Å². The molecule has 6 heteroatoms. The fraction of sp³-hybridized carbons (Fsp3) is 0.952. The first kappa shape index (κ1) is 30.6. The zero-order chi connectivity index (χ0) is 20.9. The molecule has 1 aliphatic carbocycles. The van der Waals surface area contributed by atoms with Gasteiger partial charge in [-0.25, -0.2) is 0 Å². The second kappa shape index (κ2) is 12.3. The third-order valence-electron chi connectivity index (χ3n) is 6.07. The fourth-order valence-corrected chi connectivity index (χ4v) is 10.4. The molecule has 0 aromatic rings. The molecule has 1 saturated carbocycles. The average Bonchev–Trinajstić information content (AvgIpc) is 2.60. The quantitative estimate of drug-likeness (QED) is 0.290. The summed E-state index contributed by atoms with van der Waals surface area (Å²) in [5, 5.41) is 0. The number of rotatable bonds is 5. The maximum atomic E-state index is 6.10. The molecule has 5 unspecified atom stereocenters. The minimum atomic E-state index is -1.76. The fourth-order valence-electron chi connectivity index (χ4n) is 4.85. The van der Waals surface area contributed by atoms with Gasteiger partial charge in [0.05, 0.1) is 5.60 Å². The molecule has 1 fully saturated rings. The Morgan fingerprint density at radius 3 is 1.56 bits per heavy atom. The molecule has 1 rings (SSSR count). The van der Waals surface area contributed by atoms with E-state index in [1.54, 1.807) is 0 Å². The summed E-state index contributed by atoms with van der Waals surface area (Å²) in [5.74, 6) is 3.16. The molecule has 0 spiro atoms. The Morgan fingerprint density at radius 2 is 1.26 bits per heavy atom. The third-order valence-corrected chi connectivity index (χ3v) is 11.0. The van der Waals surface area contributed by atoms with Crippen molar-refractivity contribution in [2.75, 3.05) is 6.61 Å². The van der Waals surface area contributed by atoms with Crippen LogP contribution in [0, 0.1) is 31.1 Å². The van der Waals surface area contributed by atoms with Crippen LogP contribution in [0.1, 0.15) is 69.2 Å². The van der Waals surface area contributed by atoms with E-state index in [9.17, 15) is 0 Å². The normalized spacial score (nSPS) is 30.6. The summed E-state index contributed by atoms with van der Waals surface area (Å²) in [6.07, 6.45) is 0. The molecule has 0 saturated heterocycles. The number of nitrogens with zero attached hydrogens (tertiary/aromatic N) is 1. The van der Waals surface area contributed by atoms with E-state index < -0.39 is 25.3 Å². The van der Waals surface area contributed by atoms with Crippen LogP contribution in [0.2, 0.25) is 18.1 Å². The van der Waals surface area contributed by atoms with Gasteiger partial charge in [-0.15, -0.1) is 5.54 Å². The summed E-state index contributed by atoms with van der Waals surface area (Å²) in [6, 6.07) is 1.15. The van der Waals surface area contributed by atoms with E-state index in [0.29, 0.717) is 0 Å². The second-order valence-corrected chi connectivity index (χ2v) is 17.1. The first-order valence-corrected chi connectivity index (χ1v) is 17.0. The van der Waals surface area contributed by atoms with E-state index in [4.69, 9.17) is 28.3 Å². The van der Waals surface area contributed by atoms with Gasteiger partial charge < -0.3 is 17.1 Å². The average molecular weight is 474 g/mol. The maximum absolute atomic E-state index is 6.10. The molecule has 0 N–H and O–H groups in total. The van der Waals surface area contributed by atoms with Gasteiger partial charge in [0, 0.05) is 6.61 Å². The molecular weight excluding hydrogens is 429 g/mol. The first-order chi connectivity index (χ1) is 11.6. The zero-order valence-electron chi connectivity index (χ0n) is 19.9. The van der Waals surface area contributed by atoms with Gasteiger partial charge in [-0.1, -0.05) is 74.8 Å². The van der Waals surface area contributed by atoms with Gasteiger partial charge >= 0.3 is 35.6 Å². The van der Waals surface area contributed by atoms with Crippen LogP contribution in [0.4, 0.5) is 0 Å². The Bertz CT molecular complexity index is 400. The van der Waals surface area contributed by atoms with Crippen molar-refractivity contribution in [1.82, 2.24) is 0 Å². The Hall–Kier alpha value is 1.43. The summed E-state index contributed by atoms with van der Waals surface area (Å²) in [7, 11) is 8.02. The summed E-state index contributed by atoms with van der Waals surface area (Å²) < 4.78 is 6.10. The van der Waals surface area contributed by atoms with Gasteiger partial charge in [-0.2, -0.15) is 0 Å². The van der Waals surface area contributed by atoms with Gasteiger partial charge in [0.25, 0.3) is 0 Å². The first-order valence-electron chi connectivity index (χ1n) is 9.94. The van der Waals surface area contributed by atoms with Crippen LogP contribution in [0.25, 0.3) is 4.98 Å². The molecule has 1 aliphatic rings. The van der Waals surface area contributed by atoms with Gasteiger partial charge in [0.2, 0.25) is 0 Å². The van der Waals surface area contributed by atoms with E-state index in [-0.39, 0.29) is 18.6 Å². The third kappa shape index (κ3) is 10.3. The van der Waals surface area contributed by atoms with Gasteiger partial charge in [-0.05, 0) is 44.4 Å². The number of ether oxygens (including phenoxy) is 1. The Kier molecular flexibility index (Phi) is 14.0. The molecule has 0 amide bonds. The van der Waals surface area contributed by atoms with Crippen molar-refractivity contribution >= 4 is 26.8 Å². The van der Waals surface area contributed by atoms with Gasteiger partial charge in [0.15, 0.2) is 0 Å². The summed E-state index contributed by atoms with van der Waals surface area (Å²) in [4.78, 5) is 5.47. The van der Waals surface area contributed by atoms with Crippen molar-refractivity contribution in [3.63, 3.8) is 0 Å². The van der Waals surface area contributed by atoms with Crippen molar-refractivity contribution in [1.29, 1.82) is 0 Å². The van der Waals surface area contributed by atoms with Crippen molar-refractivity contribution in [3.05, 3.63) is 12.4 Å². The molecule has 2 nitrogen and oxygen atoms in total. The van der Waals surface area contributed by atoms with E-state index in [1.165, 1.54) is 0 Å². The molecule has 5 atom stereocenters. The minimum absolute atomic E-state index is 0. The summed E-state index contributed by atoms with van der Waals surface area (Å²) in [6.45, 7) is 26.5. The van der Waals surface area contributed by atoms with Crippen molar-refractivity contribution in [2.45, 2.75) is 98.5 Å². The van der Waals surface area contributed by atoms with Crippen LogP contribution in [-0.4, -0.2) is 26.0 Å². The molecule has 0 aromatic heterocycles. The second-order valence-electron chi connectivity index (χ2n) is 10.4. The molecule has 0 aromatic carbocycles. The van der Waals surface area contributed by atoms with Crippen LogP contribution in [0.15, 0.2) is 0 Å². The van der Waals surface area contributed by atoms with Crippen LogP contribution < -0.4 is 0 Å². The Labute approximate surface area is 189 Å². The van der Waals surface area contributed by atoms with Crippen molar-refractivity contribution in [3.8, 4) is 0 Å². The summed E-state index contributed by atoms with van der Waals surface area (Å²) >= 11 is -0.556. The van der Waals surface area contributed by atoms with Gasteiger partial charge in [-0.3, -0.25) is 0 Å². The van der Waals surface area contributed by atoms with Crippen LogP contribution in [0.3, 0.4) is 0 Å². The molecule has 0 radical (unpaired) electrons. The predicted molar refractivity (Wildman–Crippen MR) is 124 cm³/mol. The molecule has 0 aliphatic heterocycles. The molecule has 0 bridgehead atoms. The predicted octanol–water partition coefficient (Wildman–Crippen LogP) is 8.30. The zero-order valence-corrected chi connectivity index (χ0v) is 24.0. The van der Waals surface area contributed by atoms with E-state index >= 15 is 0 Å². The number of hydrogen-bond donors (Lipinski definition) is 0. The number of halogens is 2. The molecular formula is C21H45Cl2NOSiTi-2. The van der Waals surface area contributed by atoms with Gasteiger partial charge in [0.1, 0.15) is 0 Å². The standard InChI is InChI=1S/C20H42NOSi.CH3.2ClH.Ti/c1-14-15(2)17(4)18(16(14)3)23(11,21-19(5,6)7)13-12-22-20(8,9)10;;;;/h14-18H,12-13H2,1-11H3;1H3;2*1H;/q2*-1;;;+2/p-2. The van der Waals surface area contributed by atoms with E-state index in [0.717, 1.165) is 41.9 Å². The molecule has 0 heterocycles. The Morgan fingerprint density at radius 1 is 0.889 bits per heavy atom. The summed E-state index contributed by atoms with van der Waals surface area (Å²) in [5.41, 5.74) is 0.775. The monoisotopic (exact) mass is 473 g/mol. The number of hydrogen-bond acceptors (Lipinski definition) is 1. The molecule has 164 valence electrons. The van der Waals surface area contributed by atoms with Crippen molar-refractivity contribution < 1.29 is 21.8 Å². The molecule has 27 heavy (non-hydrogen) atoms.